The first-order valence-corrected chi connectivity index (χ1v) is 10.6. The summed E-state index contributed by atoms with van der Waals surface area (Å²) >= 11 is 1.51. The van der Waals surface area contributed by atoms with Gasteiger partial charge in [0.25, 0.3) is 0 Å². The lowest BCUT2D eigenvalue weighted by molar-refractivity contribution is 0.138. The second-order valence-corrected chi connectivity index (χ2v) is 7.84. The minimum atomic E-state index is -0.362. The average Bonchev–Trinajstić information content (AvgIpc) is 3.43. The van der Waals surface area contributed by atoms with Gasteiger partial charge < -0.3 is 14.2 Å². The van der Waals surface area contributed by atoms with E-state index in [4.69, 9.17) is 19.3 Å². The van der Waals surface area contributed by atoms with Crippen LogP contribution in [0, 0.1) is 5.82 Å². The Morgan fingerprint density at radius 1 is 1.17 bits per heavy atom. The van der Waals surface area contributed by atoms with Gasteiger partial charge in [-0.1, -0.05) is 23.9 Å². The van der Waals surface area contributed by atoms with E-state index in [0.29, 0.717) is 47.0 Å². The van der Waals surface area contributed by atoms with Gasteiger partial charge in [-0.15, -0.1) is 10.2 Å². The van der Waals surface area contributed by atoms with Gasteiger partial charge in [0.15, 0.2) is 17.3 Å². The maximum absolute atomic E-state index is 14.3. The van der Waals surface area contributed by atoms with Gasteiger partial charge in [0.05, 0.1) is 31.6 Å². The molecule has 0 unspecified atom stereocenters. The molecule has 0 radical (unpaired) electrons. The molecule has 9 heteroatoms. The Labute approximate surface area is 176 Å². The van der Waals surface area contributed by atoms with Crippen LogP contribution in [0.5, 0.6) is 11.5 Å². The van der Waals surface area contributed by atoms with Crippen LogP contribution in [0.25, 0.3) is 11.4 Å². The van der Waals surface area contributed by atoms with E-state index >= 15 is 0 Å². The summed E-state index contributed by atoms with van der Waals surface area (Å²) in [5, 5.41) is 13.7. The predicted molar refractivity (Wildman–Crippen MR) is 111 cm³/mol. The van der Waals surface area contributed by atoms with Crippen LogP contribution in [0.2, 0.25) is 0 Å². The summed E-state index contributed by atoms with van der Waals surface area (Å²) in [6, 6.07) is 12.2. The molecule has 0 saturated carbocycles. The largest absolute Gasteiger partial charge is 0.493 e. The molecule has 5 rings (SSSR count). The van der Waals surface area contributed by atoms with Crippen LogP contribution in [-0.2, 0) is 4.74 Å². The summed E-state index contributed by atoms with van der Waals surface area (Å²) in [4.78, 5) is 0. The number of hydrogen-bond donors (Lipinski definition) is 0. The molecule has 30 heavy (non-hydrogen) atoms. The van der Waals surface area contributed by atoms with E-state index in [9.17, 15) is 4.39 Å². The number of hydrogen-bond acceptors (Lipinski definition) is 7. The van der Waals surface area contributed by atoms with Crippen LogP contribution in [0.3, 0.4) is 0 Å². The van der Waals surface area contributed by atoms with Crippen molar-refractivity contribution in [1.82, 2.24) is 14.9 Å². The molecule has 154 valence electrons. The van der Waals surface area contributed by atoms with E-state index in [2.05, 4.69) is 10.2 Å². The van der Waals surface area contributed by atoms with Crippen LogP contribution >= 0.6 is 11.8 Å². The predicted octanol–water partition coefficient (Wildman–Crippen LogP) is 3.62. The third-order valence-electron chi connectivity index (χ3n) is 4.96. The first kappa shape index (κ1) is 19.1. The lowest BCUT2D eigenvalue weighted by Crippen LogP contribution is -2.17. The van der Waals surface area contributed by atoms with Gasteiger partial charge in [-0.25, -0.2) is 4.39 Å². The van der Waals surface area contributed by atoms with Crippen molar-refractivity contribution >= 4 is 17.5 Å². The third-order valence-corrected chi connectivity index (χ3v) is 5.89. The molecule has 1 aromatic heterocycles. The highest BCUT2D eigenvalue weighted by molar-refractivity contribution is 7.99. The van der Waals surface area contributed by atoms with E-state index in [0.717, 1.165) is 17.7 Å². The number of halogens is 1. The Balaban J connectivity index is 1.51. The minimum Gasteiger partial charge on any atom is -0.493 e. The summed E-state index contributed by atoms with van der Waals surface area (Å²) in [6.45, 7) is 1.27. The Hall–Kier alpha value is -2.91. The molecule has 3 aromatic rings. The SMILES string of the molecule is COc1ccc(C2=Nn3c(nnc3-c3ccccc3F)SC2)cc1O[C@@H]1CCOC1. The topological polar surface area (TPSA) is 70.8 Å². The van der Waals surface area contributed by atoms with Crippen LogP contribution < -0.4 is 9.47 Å². The number of nitrogens with zero attached hydrogens (tertiary/aromatic N) is 4. The lowest BCUT2D eigenvalue weighted by Gasteiger charge is -2.18. The van der Waals surface area contributed by atoms with Gasteiger partial charge in [-0.3, -0.25) is 0 Å². The number of benzene rings is 2. The zero-order valence-electron chi connectivity index (χ0n) is 16.2. The van der Waals surface area contributed by atoms with Gasteiger partial charge in [0, 0.05) is 17.7 Å². The summed E-state index contributed by atoms with van der Waals surface area (Å²) in [6.07, 6.45) is 0.856. The van der Waals surface area contributed by atoms with Crippen molar-refractivity contribution in [2.75, 3.05) is 26.1 Å². The van der Waals surface area contributed by atoms with E-state index in [1.54, 1.807) is 30.0 Å². The monoisotopic (exact) mass is 426 g/mol. The van der Waals surface area contributed by atoms with Crippen molar-refractivity contribution in [2.45, 2.75) is 17.7 Å². The zero-order valence-corrected chi connectivity index (χ0v) is 17.1. The number of rotatable bonds is 5. The molecule has 2 aliphatic heterocycles. The number of fused-ring (bicyclic) bond motifs is 1. The van der Waals surface area contributed by atoms with Gasteiger partial charge in [0.2, 0.25) is 5.16 Å². The molecule has 0 spiro atoms. The molecule has 0 aliphatic carbocycles. The highest BCUT2D eigenvalue weighted by Crippen LogP contribution is 2.33. The normalized spacial score (nSPS) is 18.1. The average molecular weight is 426 g/mol. The molecule has 1 saturated heterocycles. The quantitative estimate of drug-likeness (QED) is 0.621. The number of thioether (sulfide) groups is 1. The molecule has 7 nitrogen and oxygen atoms in total. The summed E-state index contributed by atoms with van der Waals surface area (Å²) in [5.74, 6) is 1.95. The molecule has 0 amide bonds. The van der Waals surface area contributed by atoms with E-state index in [-0.39, 0.29) is 11.9 Å². The van der Waals surface area contributed by atoms with Crippen molar-refractivity contribution in [3.63, 3.8) is 0 Å². The molecule has 2 aromatic carbocycles. The number of methoxy groups -OCH3 is 1. The Kier molecular flexibility index (Phi) is 5.14. The fourth-order valence-electron chi connectivity index (χ4n) is 3.41. The van der Waals surface area contributed by atoms with E-state index in [1.165, 1.54) is 17.8 Å². The second kappa shape index (κ2) is 8.08. The summed E-state index contributed by atoms with van der Waals surface area (Å²) in [5.41, 5.74) is 2.08. The summed E-state index contributed by atoms with van der Waals surface area (Å²) in [7, 11) is 1.62. The molecule has 1 atom stereocenters. The molecule has 1 fully saturated rings. The van der Waals surface area contributed by atoms with Crippen LogP contribution in [-0.4, -0.2) is 52.8 Å². The molecule has 0 bridgehead atoms. The Morgan fingerprint density at radius 3 is 2.87 bits per heavy atom. The van der Waals surface area contributed by atoms with E-state index < -0.39 is 0 Å². The lowest BCUT2D eigenvalue weighted by atomic mass is 10.1. The van der Waals surface area contributed by atoms with E-state index in [1.807, 2.05) is 18.2 Å². The highest BCUT2D eigenvalue weighted by atomic mass is 32.2. The fraction of sp³-hybridized carbons (Fsp3) is 0.286. The Bertz CT molecular complexity index is 1110. The van der Waals surface area contributed by atoms with Crippen molar-refractivity contribution in [1.29, 1.82) is 0 Å². The van der Waals surface area contributed by atoms with Crippen LogP contribution in [0.4, 0.5) is 4.39 Å². The number of aromatic nitrogens is 3. The molecule has 3 heterocycles. The second-order valence-electron chi connectivity index (χ2n) is 6.90. The third kappa shape index (κ3) is 3.54. The van der Waals surface area contributed by atoms with Crippen LogP contribution in [0.15, 0.2) is 52.7 Å². The van der Waals surface area contributed by atoms with Crippen molar-refractivity contribution in [3.8, 4) is 22.9 Å². The Morgan fingerprint density at radius 2 is 2.07 bits per heavy atom. The van der Waals surface area contributed by atoms with Gasteiger partial charge in [-0.05, 0) is 30.3 Å². The smallest absolute Gasteiger partial charge is 0.212 e. The summed E-state index contributed by atoms with van der Waals surface area (Å²) < 4.78 is 32.8. The first-order chi connectivity index (χ1) is 14.7. The maximum atomic E-state index is 14.3. The van der Waals surface area contributed by atoms with Gasteiger partial charge >= 0.3 is 0 Å². The maximum Gasteiger partial charge on any atom is 0.212 e. The molecule has 0 N–H and O–H groups in total. The molecular weight excluding hydrogens is 407 g/mol. The standard InChI is InChI=1S/C21H19FN4O3S/c1-27-18-7-6-13(10-19(18)29-14-8-9-28-11-14)17-12-30-21-24-23-20(26(21)25-17)15-4-2-3-5-16(15)22/h2-7,10,14H,8-9,11-12H2,1H3/t14-/m1/s1. The number of ether oxygens (including phenoxy) is 3. The fourth-order valence-corrected chi connectivity index (χ4v) is 4.25. The van der Waals surface area contributed by atoms with Crippen molar-refractivity contribution in [3.05, 3.63) is 53.8 Å². The van der Waals surface area contributed by atoms with Crippen molar-refractivity contribution < 1.29 is 18.6 Å². The minimum absolute atomic E-state index is 0.00827. The van der Waals surface area contributed by atoms with Gasteiger partial charge in [0.1, 0.15) is 11.9 Å². The molecule has 2 aliphatic rings. The highest BCUT2D eigenvalue weighted by Gasteiger charge is 2.24. The zero-order chi connectivity index (χ0) is 20.5. The first-order valence-electron chi connectivity index (χ1n) is 9.56. The van der Waals surface area contributed by atoms with Crippen LogP contribution in [0.1, 0.15) is 12.0 Å². The van der Waals surface area contributed by atoms with Crippen molar-refractivity contribution in [2.24, 2.45) is 5.10 Å². The molecular formula is C21H19FN4O3S. The van der Waals surface area contributed by atoms with Gasteiger partial charge in [-0.2, -0.15) is 9.78 Å².